The summed E-state index contributed by atoms with van der Waals surface area (Å²) < 4.78 is 11.8. The van der Waals surface area contributed by atoms with Crippen molar-refractivity contribution < 1.29 is 9.47 Å². The molecule has 0 fully saturated rings. The monoisotopic (exact) mass is 536 g/mol. The van der Waals surface area contributed by atoms with Gasteiger partial charge in [0.25, 0.3) is 0 Å². The molecule has 2 aliphatic rings. The average Bonchev–Trinajstić information content (AvgIpc) is 3.53. The number of rotatable bonds is 7. The van der Waals surface area contributed by atoms with Crippen molar-refractivity contribution in [3.05, 3.63) is 144 Å². The van der Waals surface area contributed by atoms with Gasteiger partial charge in [0.2, 0.25) is 0 Å². The van der Waals surface area contributed by atoms with Crippen LogP contribution < -0.4 is 14.8 Å². The van der Waals surface area contributed by atoms with Crippen molar-refractivity contribution in [2.75, 3.05) is 12.4 Å². The molecule has 3 atom stereocenters. The summed E-state index contributed by atoms with van der Waals surface area (Å²) in [5, 5.41) is 6.22. The van der Waals surface area contributed by atoms with Gasteiger partial charge in [-0.05, 0) is 81.8 Å². The van der Waals surface area contributed by atoms with Gasteiger partial charge in [0.15, 0.2) is 11.5 Å². The highest BCUT2D eigenvalue weighted by Crippen LogP contribution is 2.49. The largest absolute Gasteiger partial charge is 0.493 e. The van der Waals surface area contributed by atoms with Crippen molar-refractivity contribution in [1.82, 2.24) is 0 Å². The Balaban J connectivity index is 1.04. The molecule has 0 amide bonds. The number of nitrogens with zero attached hydrogens (tertiary/aromatic N) is 1. The zero-order valence-electron chi connectivity index (χ0n) is 23.0. The third kappa shape index (κ3) is 4.98. The molecule has 5 aromatic rings. The van der Waals surface area contributed by atoms with E-state index in [2.05, 4.69) is 108 Å². The molecule has 4 heteroatoms. The van der Waals surface area contributed by atoms with Crippen LogP contribution >= 0.6 is 0 Å². The topological polar surface area (TPSA) is 42.8 Å². The van der Waals surface area contributed by atoms with Gasteiger partial charge in [0.05, 0.1) is 18.8 Å². The van der Waals surface area contributed by atoms with Crippen molar-refractivity contribution in [2.45, 2.75) is 25.0 Å². The van der Waals surface area contributed by atoms with Crippen LogP contribution in [0.1, 0.15) is 40.6 Å². The molecule has 0 spiro atoms. The maximum Gasteiger partial charge on any atom is 0.161 e. The predicted octanol–water partition coefficient (Wildman–Crippen LogP) is 9.00. The molecule has 0 bridgehead atoms. The Bertz CT molecular complexity index is 1750. The standard InChI is InChI=1S/C37H32N2O2/c1-40-36-22-25(16-21-35(36)41-24-28-10-6-9-26-8-2-3-11-30(26)28)23-38-29-19-17-27(18-20-29)37-33-14-7-13-31(33)32-12-4-5-15-34(32)39-37/h2-13,15-23,31,33,37,39H,14,24H2,1H3/t31-,33-,37-/m0/s1. The Morgan fingerprint density at radius 1 is 0.854 bits per heavy atom. The molecule has 1 heterocycles. The van der Waals surface area contributed by atoms with Crippen LogP contribution in [0.2, 0.25) is 0 Å². The summed E-state index contributed by atoms with van der Waals surface area (Å²) in [5.41, 5.74) is 6.96. The average molecular weight is 537 g/mol. The van der Waals surface area contributed by atoms with Gasteiger partial charge in [-0.2, -0.15) is 0 Å². The van der Waals surface area contributed by atoms with Crippen LogP contribution in [-0.4, -0.2) is 13.3 Å². The van der Waals surface area contributed by atoms with Gasteiger partial charge in [-0.15, -0.1) is 0 Å². The highest BCUT2D eigenvalue weighted by Gasteiger charge is 2.37. The van der Waals surface area contributed by atoms with Gasteiger partial charge < -0.3 is 14.8 Å². The van der Waals surface area contributed by atoms with Crippen LogP contribution in [0.25, 0.3) is 10.8 Å². The van der Waals surface area contributed by atoms with Gasteiger partial charge in [0.1, 0.15) is 6.61 Å². The quantitative estimate of drug-likeness (QED) is 0.167. The number of fused-ring (bicyclic) bond motifs is 4. The Morgan fingerprint density at radius 2 is 1.68 bits per heavy atom. The van der Waals surface area contributed by atoms with Crippen molar-refractivity contribution in [2.24, 2.45) is 10.9 Å². The lowest BCUT2D eigenvalue weighted by Crippen LogP contribution is -2.28. The lowest BCUT2D eigenvalue weighted by molar-refractivity contribution is 0.285. The molecule has 0 aromatic heterocycles. The van der Waals surface area contributed by atoms with E-state index < -0.39 is 0 Å². The number of nitrogens with one attached hydrogen (secondary N) is 1. The number of anilines is 1. The number of hydrogen-bond donors (Lipinski definition) is 1. The summed E-state index contributed by atoms with van der Waals surface area (Å²) in [7, 11) is 1.67. The Morgan fingerprint density at radius 3 is 2.59 bits per heavy atom. The highest BCUT2D eigenvalue weighted by atomic mass is 16.5. The number of hydrogen-bond acceptors (Lipinski definition) is 4. The predicted molar refractivity (Wildman–Crippen MR) is 168 cm³/mol. The molecule has 41 heavy (non-hydrogen) atoms. The fourth-order valence-corrected chi connectivity index (χ4v) is 6.25. The molecular formula is C37H32N2O2. The lowest BCUT2D eigenvalue weighted by atomic mass is 9.77. The molecule has 1 aliphatic heterocycles. The molecule has 0 saturated heterocycles. The molecule has 1 N–H and O–H groups in total. The molecule has 0 saturated carbocycles. The summed E-state index contributed by atoms with van der Waals surface area (Å²) in [4.78, 5) is 4.74. The number of para-hydroxylation sites is 1. The first kappa shape index (κ1) is 25.2. The highest BCUT2D eigenvalue weighted by molar-refractivity contribution is 5.85. The van der Waals surface area contributed by atoms with Gasteiger partial charge in [0, 0.05) is 17.8 Å². The fraction of sp³-hybridized carbons (Fsp3) is 0.162. The molecule has 4 nitrogen and oxygen atoms in total. The summed E-state index contributed by atoms with van der Waals surface area (Å²) in [6.45, 7) is 0.469. The molecule has 0 unspecified atom stereocenters. The maximum atomic E-state index is 6.18. The number of aliphatic imine (C=N–C) groups is 1. The third-order valence-corrected chi connectivity index (χ3v) is 8.34. The van der Waals surface area contributed by atoms with Gasteiger partial charge >= 0.3 is 0 Å². The second-order valence-electron chi connectivity index (χ2n) is 10.7. The lowest BCUT2D eigenvalue weighted by Gasteiger charge is -2.37. The first-order chi connectivity index (χ1) is 20.3. The summed E-state index contributed by atoms with van der Waals surface area (Å²) in [6.07, 6.45) is 7.68. The van der Waals surface area contributed by atoms with E-state index in [9.17, 15) is 0 Å². The minimum atomic E-state index is 0.286. The van der Waals surface area contributed by atoms with Gasteiger partial charge in [-0.25, -0.2) is 0 Å². The smallest absolute Gasteiger partial charge is 0.161 e. The zero-order chi connectivity index (χ0) is 27.6. The maximum absolute atomic E-state index is 6.18. The van der Waals surface area contributed by atoms with Gasteiger partial charge in [-0.1, -0.05) is 84.9 Å². The van der Waals surface area contributed by atoms with Crippen molar-refractivity contribution >= 4 is 28.4 Å². The minimum absolute atomic E-state index is 0.286. The Labute approximate surface area is 241 Å². The number of methoxy groups -OCH3 is 1. The van der Waals surface area contributed by atoms with Crippen molar-refractivity contribution in [1.29, 1.82) is 0 Å². The van der Waals surface area contributed by atoms with Crippen LogP contribution in [0.3, 0.4) is 0 Å². The molecule has 5 aromatic carbocycles. The number of benzene rings is 5. The minimum Gasteiger partial charge on any atom is -0.493 e. The number of allylic oxidation sites excluding steroid dienone is 2. The summed E-state index contributed by atoms with van der Waals surface area (Å²) in [6, 6.07) is 38.2. The van der Waals surface area contributed by atoms with E-state index in [0.29, 0.717) is 29.9 Å². The zero-order valence-corrected chi connectivity index (χ0v) is 23.0. The van der Waals surface area contributed by atoms with E-state index in [1.54, 1.807) is 7.11 Å². The van der Waals surface area contributed by atoms with Crippen molar-refractivity contribution in [3.8, 4) is 11.5 Å². The fourth-order valence-electron chi connectivity index (χ4n) is 6.25. The van der Waals surface area contributed by atoms with E-state index in [4.69, 9.17) is 14.5 Å². The summed E-state index contributed by atoms with van der Waals surface area (Å²) >= 11 is 0. The van der Waals surface area contributed by atoms with Crippen LogP contribution in [0.5, 0.6) is 11.5 Å². The van der Waals surface area contributed by atoms with Crippen LogP contribution in [-0.2, 0) is 6.61 Å². The SMILES string of the molecule is COc1cc(C=Nc2ccc([C@@H]3Nc4ccccc4[C@@H]4C=CC[C@@H]43)cc2)ccc1OCc1cccc2ccccc12. The molecule has 202 valence electrons. The first-order valence-electron chi connectivity index (χ1n) is 14.2. The van der Waals surface area contributed by atoms with E-state index in [-0.39, 0.29) is 6.04 Å². The van der Waals surface area contributed by atoms with Gasteiger partial charge in [-0.3, -0.25) is 4.99 Å². The number of ether oxygens (including phenoxy) is 2. The molecule has 0 radical (unpaired) electrons. The van der Waals surface area contributed by atoms with Crippen LogP contribution in [0.4, 0.5) is 11.4 Å². The van der Waals surface area contributed by atoms with E-state index in [0.717, 1.165) is 23.2 Å². The second kappa shape index (κ2) is 11.0. The molecule has 7 rings (SSSR count). The molecule has 1 aliphatic carbocycles. The molecular weight excluding hydrogens is 504 g/mol. The summed E-state index contributed by atoms with van der Waals surface area (Å²) in [5.74, 6) is 2.41. The van der Waals surface area contributed by atoms with Crippen LogP contribution in [0.15, 0.2) is 126 Å². The first-order valence-corrected chi connectivity index (χ1v) is 14.2. The van der Waals surface area contributed by atoms with E-state index in [1.165, 1.54) is 27.6 Å². The van der Waals surface area contributed by atoms with Crippen molar-refractivity contribution in [3.63, 3.8) is 0 Å². The van der Waals surface area contributed by atoms with Crippen LogP contribution in [0, 0.1) is 5.92 Å². The van der Waals surface area contributed by atoms with E-state index in [1.807, 2.05) is 24.4 Å². The second-order valence-corrected chi connectivity index (χ2v) is 10.7. The normalized spacial score (nSPS) is 19.1. The Kier molecular flexibility index (Phi) is 6.73. The third-order valence-electron chi connectivity index (χ3n) is 8.34. The Hall–Kier alpha value is -4.83. The van der Waals surface area contributed by atoms with E-state index >= 15 is 0 Å².